The van der Waals surface area contributed by atoms with Crippen molar-refractivity contribution in [3.8, 4) is 0 Å². The maximum atomic E-state index is 11.5. The van der Waals surface area contributed by atoms with Crippen LogP contribution in [0.25, 0.3) is 0 Å². The average Bonchev–Trinajstić information content (AvgIpc) is 2.40. The lowest BCUT2D eigenvalue weighted by atomic mass is 10.1. The van der Waals surface area contributed by atoms with Crippen molar-refractivity contribution in [1.29, 1.82) is 0 Å². The van der Waals surface area contributed by atoms with E-state index in [1.165, 1.54) is 7.11 Å². The number of carbonyl (C=O) groups is 1. The summed E-state index contributed by atoms with van der Waals surface area (Å²) in [5.41, 5.74) is 11.8. The fraction of sp³-hybridized carbons (Fsp3) is 0.643. The summed E-state index contributed by atoms with van der Waals surface area (Å²) < 4.78 is 4.68. The van der Waals surface area contributed by atoms with Crippen LogP contribution >= 0.6 is 0 Å². The van der Waals surface area contributed by atoms with Crippen molar-refractivity contribution in [1.82, 2.24) is 10.6 Å². The molecular formula is C14H28N4O2. The number of esters is 1. The molecule has 0 spiro atoms. The zero-order chi connectivity index (χ0) is 15.6. The van der Waals surface area contributed by atoms with Gasteiger partial charge in [0, 0.05) is 17.7 Å². The van der Waals surface area contributed by atoms with E-state index >= 15 is 0 Å². The quantitative estimate of drug-likeness (QED) is 0.274. The standard InChI is InChI=1S/C14H28N4O2/c1-5-18-14(2,3)10-17-12(16)7-6-11(8-9-15)13(19)20-4/h6-7,17-18H,5,8-10,15-16H2,1-4H3/b11-6+,12-7+. The second kappa shape index (κ2) is 9.39. The molecule has 0 heterocycles. The molecule has 20 heavy (non-hydrogen) atoms. The molecule has 0 fully saturated rings. The Morgan fingerprint density at radius 2 is 2.00 bits per heavy atom. The lowest BCUT2D eigenvalue weighted by Gasteiger charge is -2.26. The van der Waals surface area contributed by atoms with Gasteiger partial charge in [-0.3, -0.25) is 0 Å². The van der Waals surface area contributed by atoms with Crippen molar-refractivity contribution < 1.29 is 9.53 Å². The van der Waals surface area contributed by atoms with Crippen LogP contribution in [0.3, 0.4) is 0 Å². The maximum Gasteiger partial charge on any atom is 0.333 e. The molecule has 0 aliphatic rings. The van der Waals surface area contributed by atoms with Crippen LogP contribution in [0.5, 0.6) is 0 Å². The fourth-order valence-electron chi connectivity index (χ4n) is 1.65. The Kier molecular flexibility index (Phi) is 8.67. The van der Waals surface area contributed by atoms with E-state index in [-0.39, 0.29) is 11.5 Å². The minimum Gasteiger partial charge on any atom is -0.466 e. The van der Waals surface area contributed by atoms with Gasteiger partial charge in [0.25, 0.3) is 0 Å². The molecule has 0 saturated carbocycles. The van der Waals surface area contributed by atoms with Gasteiger partial charge in [-0.25, -0.2) is 4.79 Å². The molecule has 0 aliphatic carbocycles. The summed E-state index contributed by atoms with van der Waals surface area (Å²) in [5, 5.41) is 6.45. The van der Waals surface area contributed by atoms with E-state index in [0.717, 1.165) is 6.54 Å². The highest BCUT2D eigenvalue weighted by molar-refractivity contribution is 5.88. The van der Waals surface area contributed by atoms with Gasteiger partial charge in [0.05, 0.1) is 12.9 Å². The van der Waals surface area contributed by atoms with Crippen LogP contribution in [-0.2, 0) is 9.53 Å². The molecule has 6 N–H and O–H groups in total. The van der Waals surface area contributed by atoms with Crippen LogP contribution in [-0.4, -0.2) is 38.3 Å². The molecule has 116 valence electrons. The minimum atomic E-state index is -0.382. The molecule has 0 rings (SSSR count). The number of likely N-dealkylation sites (N-methyl/N-ethyl adjacent to an activating group) is 1. The molecule has 0 amide bonds. The number of rotatable bonds is 9. The largest absolute Gasteiger partial charge is 0.466 e. The molecule has 6 nitrogen and oxygen atoms in total. The summed E-state index contributed by atoms with van der Waals surface area (Å²) in [7, 11) is 1.34. The van der Waals surface area contributed by atoms with Gasteiger partial charge in [-0.05, 0) is 45.5 Å². The van der Waals surface area contributed by atoms with Crippen LogP contribution in [0, 0.1) is 0 Å². The van der Waals surface area contributed by atoms with Crippen molar-refractivity contribution in [2.45, 2.75) is 32.7 Å². The molecule has 0 bridgehead atoms. The van der Waals surface area contributed by atoms with Gasteiger partial charge in [0.1, 0.15) is 0 Å². The second-order valence-electron chi connectivity index (χ2n) is 5.11. The first-order valence-corrected chi connectivity index (χ1v) is 6.80. The van der Waals surface area contributed by atoms with Gasteiger partial charge in [0.15, 0.2) is 0 Å². The third-order valence-corrected chi connectivity index (χ3v) is 2.72. The topological polar surface area (TPSA) is 102 Å². The molecule has 0 atom stereocenters. The van der Waals surface area contributed by atoms with Gasteiger partial charge in [-0.1, -0.05) is 6.92 Å². The molecule has 0 unspecified atom stereocenters. The third-order valence-electron chi connectivity index (χ3n) is 2.72. The van der Waals surface area contributed by atoms with E-state index in [9.17, 15) is 4.79 Å². The number of hydrogen-bond donors (Lipinski definition) is 4. The monoisotopic (exact) mass is 284 g/mol. The first-order chi connectivity index (χ1) is 9.36. The average molecular weight is 284 g/mol. The Hall–Kier alpha value is -1.53. The van der Waals surface area contributed by atoms with Gasteiger partial charge < -0.3 is 26.8 Å². The van der Waals surface area contributed by atoms with Crippen LogP contribution in [0.15, 0.2) is 23.5 Å². The van der Waals surface area contributed by atoms with Crippen molar-refractivity contribution in [3.63, 3.8) is 0 Å². The number of methoxy groups -OCH3 is 1. The smallest absolute Gasteiger partial charge is 0.333 e. The van der Waals surface area contributed by atoms with E-state index in [1.54, 1.807) is 12.2 Å². The number of nitrogens with two attached hydrogens (primary N) is 2. The highest BCUT2D eigenvalue weighted by atomic mass is 16.5. The number of nitrogens with one attached hydrogen (secondary N) is 2. The third kappa shape index (κ3) is 7.81. The van der Waals surface area contributed by atoms with Crippen molar-refractivity contribution in [2.24, 2.45) is 11.5 Å². The molecule has 0 saturated heterocycles. The second-order valence-corrected chi connectivity index (χ2v) is 5.11. The van der Waals surface area contributed by atoms with Crippen molar-refractivity contribution in [2.75, 3.05) is 26.7 Å². The fourth-order valence-corrected chi connectivity index (χ4v) is 1.65. The number of ether oxygens (including phenoxy) is 1. The zero-order valence-electron chi connectivity index (χ0n) is 13.0. The highest BCUT2D eigenvalue weighted by Crippen LogP contribution is 2.04. The van der Waals surface area contributed by atoms with Crippen molar-refractivity contribution in [3.05, 3.63) is 23.5 Å². The molecule has 0 aliphatic heterocycles. The van der Waals surface area contributed by atoms with E-state index in [4.69, 9.17) is 11.5 Å². The van der Waals surface area contributed by atoms with E-state index in [2.05, 4.69) is 36.1 Å². The Morgan fingerprint density at radius 1 is 1.35 bits per heavy atom. The lowest BCUT2D eigenvalue weighted by Crippen LogP contribution is -2.48. The van der Waals surface area contributed by atoms with E-state index < -0.39 is 0 Å². The SMILES string of the molecule is CCNC(C)(C)CN/C(N)=C/C=C(\CCN)C(=O)OC. The van der Waals surface area contributed by atoms with Crippen LogP contribution in [0.2, 0.25) is 0 Å². The van der Waals surface area contributed by atoms with Gasteiger partial charge in [-0.15, -0.1) is 0 Å². The van der Waals surface area contributed by atoms with E-state index in [1.807, 2.05) is 0 Å². The molecule has 6 heteroatoms. The van der Waals surface area contributed by atoms with Gasteiger partial charge >= 0.3 is 5.97 Å². The number of hydrogen-bond acceptors (Lipinski definition) is 6. The summed E-state index contributed by atoms with van der Waals surface area (Å²) in [5.74, 6) is 0.113. The van der Waals surface area contributed by atoms with Gasteiger partial charge in [0.2, 0.25) is 0 Å². The minimum absolute atomic E-state index is 0.0562. The van der Waals surface area contributed by atoms with Crippen LogP contribution < -0.4 is 22.1 Å². The Balaban J connectivity index is 4.58. The molecule has 0 aromatic heterocycles. The first kappa shape index (κ1) is 18.5. The van der Waals surface area contributed by atoms with Gasteiger partial charge in [-0.2, -0.15) is 0 Å². The number of carbonyl (C=O) groups excluding carboxylic acids is 1. The molecular weight excluding hydrogens is 256 g/mol. The van der Waals surface area contributed by atoms with Crippen LogP contribution in [0.1, 0.15) is 27.2 Å². The predicted octanol–water partition coefficient (Wildman–Crippen LogP) is 0.212. The summed E-state index contributed by atoms with van der Waals surface area (Å²) in [6.07, 6.45) is 3.75. The Bertz CT molecular complexity index is 362. The summed E-state index contributed by atoms with van der Waals surface area (Å²) in [6.45, 7) is 8.18. The first-order valence-electron chi connectivity index (χ1n) is 6.80. The van der Waals surface area contributed by atoms with Crippen LogP contribution in [0.4, 0.5) is 0 Å². The summed E-state index contributed by atoms with van der Waals surface area (Å²) in [4.78, 5) is 11.5. The predicted molar refractivity (Wildman–Crippen MR) is 81.8 cm³/mol. The molecule has 0 aromatic rings. The van der Waals surface area contributed by atoms with E-state index in [0.29, 0.717) is 30.9 Å². The Morgan fingerprint density at radius 3 is 2.50 bits per heavy atom. The summed E-state index contributed by atoms with van der Waals surface area (Å²) >= 11 is 0. The molecule has 0 aromatic carbocycles. The Labute approximate surface area is 121 Å². The summed E-state index contributed by atoms with van der Waals surface area (Å²) in [6, 6.07) is 0. The normalized spacial score (nSPS) is 13.2. The zero-order valence-corrected chi connectivity index (χ0v) is 13.0. The maximum absolute atomic E-state index is 11.5. The number of allylic oxidation sites excluding steroid dienone is 2. The highest BCUT2D eigenvalue weighted by Gasteiger charge is 2.15. The lowest BCUT2D eigenvalue weighted by molar-refractivity contribution is -0.136. The molecule has 0 radical (unpaired) electrons. The van der Waals surface area contributed by atoms with Crippen molar-refractivity contribution >= 4 is 5.97 Å².